The molecular weight excluding hydrogens is 434 g/mol. The van der Waals surface area contributed by atoms with Crippen molar-refractivity contribution < 1.29 is 9.59 Å². The molecule has 7 unspecified atom stereocenters. The van der Waals surface area contributed by atoms with Gasteiger partial charge in [0.1, 0.15) is 0 Å². The lowest BCUT2D eigenvalue weighted by molar-refractivity contribution is -0.142. The van der Waals surface area contributed by atoms with Crippen LogP contribution in [-0.4, -0.2) is 54.3 Å². The summed E-state index contributed by atoms with van der Waals surface area (Å²) < 4.78 is 0. The van der Waals surface area contributed by atoms with Gasteiger partial charge in [-0.15, -0.1) is 0 Å². The molecule has 5 fully saturated rings. The van der Waals surface area contributed by atoms with Crippen LogP contribution in [0.5, 0.6) is 0 Å². The van der Waals surface area contributed by atoms with Crippen LogP contribution < -0.4 is 5.32 Å². The molecule has 3 saturated carbocycles. The van der Waals surface area contributed by atoms with Gasteiger partial charge >= 0.3 is 0 Å². The van der Waals surface area contributed by atoms with Crippen molar-refractivity contribution in [1.82, 2.24) is 15.1 Å². The van der Waals surface area contributed by atoms with Gasteiger partial charge in [0.05, 0.1) is 11.8 Å². The second-order valence-corrected chi connectivity index (χ2v) is 11.7. The lowest BCUT2D eigenvalue weighted by atomic mass is 9.78. The number of nitrogens with zero attached hydrogens (tertiary/aromatic N) is 2. The van der Waals surface area contributed by atoms with Crippen molar-refractivity contribution in [1.29, 1.82) is 0 Å². The first-order valence-corrected chi connectivity index (χ1v) is 13.5. The van der Waals surface area contributed by atoms with Crippen molar-refractivity contribution in [2.75, 3.05) is 32.7 Å². The van der Waals surface area contributed by atoms with E-state index in [1.165, 1.54) is 24.8 Å². The van der Waals surface area contributed by atoms with Gasteiger partial charge in [-0.2, -0.15) is 0 Å². The summed E-state index contributed by atoms with van der Waals surface area (Å²) in [6.45, 7) is 4.66. The molecule has 2 saturated heterocycles. The highest BCUT2D eigenvalue weighted by Crippen LogP contribution is 2.56. The minimum absolute atomic E-state index is 0.0127. The molecule has 178 valence electrons. The Kier molecular flexibility index (Phi) is 6.00. The summed E-state index contributed by atoms with van der Waals surface area (Å²) in [5.41, 5.74) is 1.27. The van der Waals surface area contributed by atoms with Crippen LogP contribution in [0.1, 0.15) is 56.6 Å². The van der Waals surface area contributed by atoms with Crippen LogP contribution in [0.25, 0.3) is 0 Å². The Hall–Kier alpha value is -1.43. The number of carbonyl (C=O) groups is 2. The van der Waals surface area contributed by atoms with E-state index >= 15 is 0 Å². The summed E-state index contributed by atoms with van der Waals surface area (Å²) in [5.74, 6) is 2.28. The number of hydrogen-bond donors (Lipinski definition) is 1. The van der Waals surface area contributed by atoms with Gasteiger partial charge in [-0.25, -0.2) is 0 Å². The fourth-order valence-electron chi connectivity index (χ4n) is 7.96. The number of piperazine rings is 1. The molecular formula is C27H36ClN3O2. The van der Waals surface area contributed by atoms with Crippen LogP contribution in [0.15, 0.2) is 24.3 Å². The zero-order valence-electron chi connectivity index (χ0n) is 19.4. The Balaban J connectivity index is 1.17. The molecule has 1 aromatic rings. The highest BCUT2D eigenvalue weighted by molar-refractivity contribution is 6.30. The number of nitrogens with one attached hydrogen (secondary N) is 1. The van der Waals surface area contributed by atoms with Gasteiger partial charge < -0.3 is 5.32 Å². The highest BCUT2D eigenvalue weighted by Gasteiger charge is 2.61. The molecule has 0 radical (unpaired) electrons. The van der Waals surface area contributed by atoms with Crippen LogP contribution in [0.3, 0.4) is 0 Å². The molecule has 2 aliphatic heterocycles. The van der Waals surface area contributed by atoms with Crippen LogP contribution in [0.4, 0.5) is 0 Å². The number of imide groups is 1. The molecule has 5 nitrogen and oxygen atoms in total. The summed E-state index contributed by atoms with van der Waals surface area (Å²) in [6, 6.07) is 8.59. The predicted molar refractivity (Wildman–Crippen MR) is 129 cm³/mol. The maximum absolute atomic E-state index is 13.3. The number of hydrogen-bond acceptors (Lipinski definition) is 4. The van der Waals surface area contributed by atoms with E-state index < -0.39 is 0 Å². The molecule has 33 heavy (non-hydrogen) atoms. The summed E-state index contributed by atoms with van der Waals surface area (Å²) in [7, 11) is 0. The van der Waals surface area contributed by atoms with E-state index in [2.05, 4.69) is 22.3 Å². The Morgan fingerprint density at radius 3 is 2.33 bits per heavy atom. The zero-order chi connectivity index (χ0) is 22.5. The highest BCUT2D eigenvalue weighted by atomic mass is 35.5. The molecule has 5 aliphatic rings. The molecule has 0 spiro atoms. The maximum atomic E-state index is 13.3. The molecule has 0 aromatic heterocycles. The van der Waals surface area contributed by atoms with E-state index in [0.717, 1.165) is 56.9 Å². The van der Waals surface area contributed by atoms with Crippen molar-refractivity contribution in [3.63, 3.8) is 0 Å². The van der Waals surface area contributed by atoms with Gasteiger partial charge in [0.15, 0.2) is 0 Å². The maximum Gasteiger partial charge on any atom is 0.233 e. The summed E-state index contributed by atoms with van der Waals surface area (Å²) >= 11 is 6.31. The van der Waals surface area contributed by atoms with E-state index in [1.54, 1.807) is 4.90 Å². The molecule has 7 atom stereocenters. The number of halogens is 1. The van der Waals surface area contributed by atoms with Gasteiger partial charge in [0.2, 0.25) is 11.8 Å². The standard InChI is InChI=1S/C27H36ClN3O2/c28-22-7-3-6-17(13-22)23-14-29-10-11-30(23)15-20-4-1-2-5-21(20)16-31-26(32)24-18-8-9-19(12-18)25(24)27(31)33/h3,6-7,13,18-21,23-25,29H,1-2,4-5,8-12,14-16H2. The Morgan fingerprint density at radius 2 is 1.64 bits per heavy atom. The van der Waals surface area contributed by atoms with E-state index in [-0.39, 0.29) is 23.7 Å². The quantitative estimate of drug-likeness (QED) is 0.659. The van der Waals surface area contributed by atoms with Gasteiger partial charge in [0, 0.05) is 43.8 Å². The minimum atomic E-state index is 0.0127. The summed E-state index contributed by atoms with van der Waals surface area (Å²) in [4.78, 5) is 30.9. The van der Waals surface area contributed by atoms with E-state index in [0.29, 0.717) is 36.3 Å². The Bertz CT molecular complexity index is 894. The monoisotopic (exact) mass is 469 g/mol. The second-order valence-electron chi connectivity index (χ2n) is 11.2. The number of carbonyl (C=O) groups excluding carboxylic acids is 2. The van der Waals surface area contributed by atoms with Gasteiger partial charge in [-0.1, -0.05) is 36.6 Å². The smallest absolute Gasteiger partial charge is 0.233 e. The minimum Gasteiger partial charge on any atom is -0.314 e. The molecule has 2 amide bonds. The third kappa shape index (κ3) is 3.94. The fourth-order valence-corrected chi connectivity index (χ4v) is 8.16. The average Bonchev–Trinajstić information content (AvgIpc) is 3.51. The zero-order valence-corrected chi connectivity index (χ0v) is 20.2. The van der Waals surface area contributed by atoms with Crippen molar-refractivity contribution in [3.8, 4) is 0 Å². The lowest BCUT2D eigenvalue weighted by Gasteiger charge is -2.42. The molecule has 2 bridgehead atoms. The first-order valence-electron chi connectivity index (χ1n) is 13.2. The van der Waals surface area contributed by atoms with Crippen LogP contribution in [0, 0.1) is 35.5 Å². The van der Waals surface area contributed by atoms with Crippen molar-refractivity contribution in [3.05, 3.63) is 34.9 Å². The number of likely N-dealkylation sites (tertiary alicyclic amines) is 1. The van der Waals surface area contributed by atoms with Gasteiger partial charge in [0.25, 0.3) is 0 Å². The summed E-state index contributed by atoms with van der Waals surface area (Å²) in [5, 5.41) is 4.35. The fraction of sp³-hybridized carbons (Fsp3) is 0.704. The normalized spacial score (nSPS) is 38.8. The molecule has 1 aromatic carbocycles. The molecule has 2 heterocycles. The van der Waals surface area contributed by atoms with Crippen LogP contribution in [-0.2, 0) is 9.59 Å². The SMILES string of the molecule is O=C1C2C3CCC(C3)C2C(=O)N1CC1CCCCC1CN1CCNCC1c1cccc(Cl)c1. The second kappa shape index (κ2) is 8.98. The summed E-state index contributed by atoms with van der Waals surface area (Å²) in [6.07, 6.45) is 8.22. The predicted octanol–water partition coefficient (Wildman–Crippen LogP) is 4.12. The van der Waals surface area contributed by atoms with E-state index in [4.69, 9.17) is 11.6 Å². The van der Waals surface area contributed by atoms with Gasteiger partial charge in [-0.05, 0) is 73.5 Å². The van der Waals surface area contributed by atoms with E-state index in [9.17, 15) is 9.59 Å². The number of rotatable bonds is 5. The van der Waals surface area contributed by atoms with E-state index in [1.807, 2.05) is 12.1 Å². The van der Waals surface area contributed by atoms with Crippen molar-refractivity contribution in [2.24, 2.45) is 35.5 Å². The van der Waals surface area contributed by atoms with Crippen molar-refractivity contribution in [2.45, 2.75) is 51.0 Å². The third-order valence-electron chi connectivity index (χ3n) is 9.56. The first kappa shape index (κ1) is 22.1. The third-order valence-corrected chi connectivity index (χ3v) is 9.79. The number of fused-ring (bicyclic) bond motifs is 5. The van der Waals surface area contributed by atoms with Crippen LogP contribution >= 0.6 is 11.6 Å². The molecule has 6 heteroatoms. The Labute approximate surface area is 202 Å². The Morgan fingerprint density at radius 1 is 0.939 bits per heavy atom. The largest absolute Gasteiger partial charge is 0.314 e. The average molecular weight is 470 g/mol. The number of benzene rings is 1. The molecule has 3 aliphatic carbocycles. The van der Waals surface area contributed by atoms with Gasteiger partial charge in [-0.3, -0.25) is 19.4 Å². The number of amides is 2. The van der Waals surface area contributed by atoms with Crippen LogP contribution in [0.2, 0.25) is 5.02 Å². The topological polar surface area (TPSA) is 52.7 Å². The van der Waals surface area contributed by atoms with Crippen molar-refractivity contribution >= 4 is 23.4 Å². The lowest BCUT2D eigenvalue weighted by Crippen LogP contribution is -2.49. The first-order chi connectivity index (χ1) is 16.1. The molecule has 1 N–H and O–H groups in total. The molecule has 6 rings (SSSR count).